The van der Waals surface area contributed by atoms with Gasteiger partial charge in [0.25, 0.3) is 0 Å². The summed E-state index contributed by atoms with van der Waals surface area (Å²) < 4.78 is 10.9. The lowest BCUT2D eigenvalue weighted by Gasteiger charge is -2.13. The van der Waals surface area contributed by atoms with Gasteiger partial charge in [-0.2, -0.15) is 0 Å². The normalized spacial score (nSPS) is 11.7. The summed E-state index contributed by atoms with van der Waals surface area (Å²) in [7, 11) is 0. The van der Waals surface area contributed by atoms with Crippen molar-refractivity contribution in [2.24, 2.45) is 0 Å². The zero-order chi connectivity index (χ0) is 18.9. The molecule has 1 N–H and O–H groups in total. The second-order valence-electron chi connectivity index (χ2n) is 6.90. The Morgan fingerprint density at radius 3 is 2.73 bits per heavy atom. The molecule has 3 aromatic rings. The molecular formula is C18H22N4O3S. The molecule has 3 heterocycles. The van der Waals surface area contributed by atoms with Gasteiger partial charge >= 0.3 is 5.97 Å². The van der Waals surface area contributed by atoms with Gasteiger partial charge in [-0.15, -0.1) is 11.3 Å². The predicted octanol–water partition coefficient (Wildman–Crippen LogP) is 4.07. The monoisotopic (exact) mass is 374 g/mol. The maximum atomic E-state index is 12.1. The van der Waals surface area contributed by atoms with Crippen molar-refractivity contribution in [2.75, 3.05) is 11.9 Å². The standard InChI is InChI=1S/C18H22N4O3S/c1-6-24-17(23)14-10(2)13-15(21-9-22-16(13)26-14)20-8-12-19-7-11(25-12)18(3,4)5/h7,9H,6,8H2,1-5H3,(H,20,21,22). The Morgan fingerprint density at radius 2 is 2.08 bits per heavy atom. The molecule has 0 unspecified atom stereocenters. The number of carbonyl (C=O) groups is 1. The molecule has 3 rings (SSSR count). The van der Waals surface area contributed by atoms with Gasteiger partial charge in [0.2, 0.25) is 5.89 Å². The number of nitrogens with zero attached hydrogens (tertiary/aromatic N) is 3. The van der Waals surface area contributed by atoms with E-state index in [1.807, 2.05) is 6.92 Å². The van der Waals surface area contributed by atoms with E-state index in [0.29, 0.717) is 29.7 Å². The fourth-order valence-corrected chi connectivity index (χ4v) is 3.54. The molecule has 0 bridgehead atoms. The molecule has 0 saturated carbocycles. The van der Waals surface area contributed by atoms with Gasteiger partial charge < -0.3 is 14.5 Å². The van der Waals surface area contributed by atoms with Crippen LogP contribution in [0.1, 0.15) is 54.6 Å². The molecule has 0 fully saturated rings. The molecule has 138 valence electrons. The third kappa shape index (κ3) is 3.55. The van der Waals surface area contributed by atoms with Gasteiger partial charge in [0, 0.05) is 5.41 Å². The molecule has 0 aromatic carbocycles. The lowest BCUT2D eigenvalue weighted by molar-refractivity contribution is 0.0531. The minimum Gasteiger partial charge on any atom is -0.462 e. The number of aryl methyl sites for hydroxylation is 1. The second-order valence-corrected chi connectivity index (χ2v) is 7.90. The average Bonchev–Trinajstić information content (AvgIpc) is 3.18. The Labute approximate surface area is 155 Å². The van der Waals surface area contributed by atoms with Crippen molar-refractivity contribution in [3.63, 3.8) is 0 Å². The van der Waals surface area contributed by atoms with E-state index >= 15 is 0 Å². The number of thiophene rings is 1. The van der Waals surface area contributed by atoms with Crippen LogP contribution in [-0.2, 0) is 16.7 Å². The molecule has 7 nitrogen and oxygen atoms in total. The van der Waals surface area contributed by atoms with E-state index in [-0.39, 0.29) is 11.4 Å². The second kappa shape index (κ2) is 7.03. The summed E-state index contributed by atoms with van der Waals surface area (Å²) in [6.07, 6.45) is 3.23. The number of esters is 1. The lowest BCUT2D eigenvalue weighted by Crippen LogP contribution is -2.09. The minimum absolute atomic E-state index is 0.0913. The number of rotatable bonds is 5. The Hall–Kier alpha value is -2.48. The highest BCUT2D eigenvalue weighted by Gasteiger charge is 2.21. The molecule has 0 atom stereocenters. The van der Waals surface area contributed by atoms with Crippen LogP contribution in [0.5, 0.6) is 0 Å². The fourth-order valence-electron chi connectivity index (χ4n) is 2.50. The number of carbonyl (C=O) groups excluding carboxylic acids is 1. The van der Waals surface area contributed by atoms with Crippen molar-refractivity contribution in [1.29, 1.82) is 0 Å². The summed E-state index contributed by atoms with van der Waals surface area (Å²) in [4.78, 5) is 26.3. The van der Waals surface area contributed by atoms with Crippen LogP contribution in [0.15, 0.2) is 16.9 Å². The third-order valence-corrected chi connectivity index (χ3v) is 5.07. The number of anilines is 1. The zero-order valence-electron chi connectivity index (χ0n) is 15.5. The largest absolute Gasteiger partial charge is 0.462 e. The van der Waals surface area contributed by atoms with Crippen molar-refractivity contribution in [3.8, 4) is 0 Å². The van der Waals surface area contributed by atoms with Crippen molar-refractivity contribution in [2.45, 2.75) is 46.6 Å². The first-order chi connectivity index (χ1) is 12.3. The maximum Gasteiger partial charge on any atom is 0.348 e. The van der Waals surface area contributed by atoms with Crippen LogP contribution in [0, 0.1) is 6.92 Å². The highest BCUT2D eigenvalue weighted by Crippen LogP contribution is 2.34. The lowest BCUT2D eigenvalue weighted by atomic mass is 9.94. The van der Waals surface area contributed by atoms with Gasteiger partial charge in [-0.1, -0.05) is 20.8 Å². The summed E-state index contributed by atoms with van der Waals surface area (Å²) in [5.74, 6) is 1.73. The number of nitrogens with one attached hydrogen (secondary N) is 1. The Morgan fingerprint density at radius 1 is 1.31 bits per heavy atom. The first-order valence-corrected chi connectivity index (χ1v) is 9.23. The average molecular weight is 374 g/mol. The van der Waals surface area contributed by atoms with Crippen LogP contribution in [-0.4, -0.2) is 27.5 Å². The summed E-state index contributed by atoms with van der Waals surface area (Å²) in [5, 5.41) is 4.06. The summed E-state index contributed by atoms with van der Waals surface area (Å²) >= 11 is 1.31. The number of hydrogen-bond donors (Lipinski definition) is 1. The van der Waals surface area contributed by atoms with E-state index in [9.17, 15) is 4.79 Å². The van der Waals surface area contributed by atoms with Crippen LogP contribution < -0.4 is 5.32 Å². The van der Waals surface area contributed by atoms with Crippen LogP contribution >= 0.6 is 11.3 Å². The predicted molar refractivity (Wildman–Crippen MR) is 101 cm³/mol. The van der Waals surface area contributed by atoms with Gasteiger partial charge in [0.15, 0.2) is 0 Å². The van der Waals surface area contributed by atoms with Gasteiger partial charge in [-0.05, 0) is 19.4 Å². The molecule has 0 saturated heterocycles. The zero-order valence-corrected chi connectivity index (χ0v) is 16.4. The summed E-state index contributed by atoms with van der Waals surface area (Å²) in [5.41, 5.74) is 0.723. The van der Waals surface area contributed by atoms with Crippen molar-refractivity contribution in [3.05, 3.63) is 34.6 Å². The maximum absolute atomic E-state index is 12.1. The molecule has 26 heavy (non-hydrogen) atoms. The topological polar surface area (TPSA) is 90.1 Å². The van der Waals surface area contributed by atoms with E-state index in [0.717, 1.165) is 21.5 Å². The molecular weight excluding hydrogens is 352 g/mol. The quantitative estimate of drug-likeness (QED) is 0.673. The van der Waals surface area contributed by atoms with E-state index < -0.39 is 0 Å². The Bertz CT molecular complexity index is 940. The van der Waals surface area contributed by atoms with Crippen LogP contribution in [0.25, 0.3) is 10.2 Å². The molecule has 8 heteroatoms. The van der Waals surface area contributed by atoms with Crippen molar-refractivity contribution in [1.82, 2.24) is 15.0 Å². The molecule has 0 spiro atoms. The molecule has 0 radical (unpaired) electrons. The number of hydrogen-bond acceptors (Lipinski definition) is 8. The Kier molecular flexibility index (Phi) is 4.95. The van der Waals surface area contributed by atoms with Crippen molar-refractivity contribution < 1.29 is 13.9 Å². The van der Waals surface area contributed by atoms with Gasteiger partial charge in [-0.3, -0.25) is 0 Å². The molecule has 0 aliphatic rings. The van der Waals surface area contributed by atoms with Crippen molar-refractivity contribution >= 4 is 33.3 Å². The summed E-state index contributed by atoms with van der Waals surface area (Å²) in [6, 6.07) is 0. The number of oxazole rings is 1. The highest BCUT2D eigenvalue weighted by molar-refractivity contribution is 7.20. The molecule has 3 aromatic heterocycles. The van der Waals surface area contributed by atoms with Crippen LogP contribution in [0.3, 0.4) is 0 Å². The van der Waals surface area contributed by atoms with E-state index in [4.69, 9.17) is 9.15 Å². The molecule has 0 amide bonds. The third-order valence-electron chi connectivity index (χ3n) is 3.89. The minimum atomic E-state index is -0.332. The highest BCUT2D eigenvalue weighted by atomic mass is 32.1. The summed E-state index contributed by atoms with van der Waals surface area (Å²) in [6.45, 7) is 10.6. The van der Waals surface area contributed by atoms with E-state index in [1.165, 1.54) is 17.7 Å². The smallest absolute Gasteiger partial charge is 0.348 e. The molecule has 0 aliphatic heterocycles. The van der Waals surface area contributed by atoms with E-state index in [1.54, 1.807) is 13.1 Å². The van der Waals surface area contributed by atoms with Crippen LogP contribution in [0.4, 0.5) is 5.82 Å². The van der Waals surface area contributed by atoms with Gasteiger partial charge in [-0.25, -0.2) is 19.7 Å². The van der Waals surface area contributed by atoms with Gasteiger partial charge in [0.1, 0.15) is 27.6 Å². The Balaban J connectivity index is 1.86. The first-order valence-electron chi connectivity index (χ1n) is 8.41. The first kappa shape index (κ1) is 18.3. The number of fused-ring (bicyclic) bond motifs is 1. The molecule has 0 aliphatic carbocycles. The SMILES string of the molecule is CCOC(=O)c1sc2ncnc(NCc3ncc(C(C)(C)C)o3)c2c1C. The van der Waals surface area contributed by atoms with Crippen LogP contribution in [0.2, 0.25) is 0 Å². The van der Waals surface area contributed by atoms with Gasteiger partial charge in [0.05, 0.1) is 24.7 Å². The fraction of sp³-hybridized carbons (Fsp3) is 0.444. The number of aromatic nitrogens is 3. The number of ether oxygens (including phenoxy) is 1. The van der Waals surface area contributed by atoms with E-state index in [2.05, 4.69) is 41.0 Å².